The van der Waals surface area contributed by atoms with Crippen LogP contribution in [-0.2, 0) is 0 Å². The number of rotatable bonds is 5. The van der Waals surface area contributed by atoms with Crippen molar-refractivity contribution in [1.29, 1.82) is 0 Å². The number of benzene rings is 1. The van der Waals surface area contributed by atoms with Crippen molar-refractivity contribution in [2.24, 2.45) is 5.41 Å². The lowest BCUT2D eigenvalue weighted by molar-refractivity contribution is -0.0601. The molecule has 3 rings (SSSR count). The zero-order valence-corrected chi connectivity index (χ0v) is 15.4. The molecule has 2 aliphatic heterocycles. The minimum atomic E-state index is -0.0536. The molecule has 1 amide bonds. The molecule has 0 unspecified atom stereocenters. The maximum absolute atomic E-state index is 13.1. The highest BCUT2D eigenvalue weighted by molar-refractivity contribution is 5.97. The second-order valence-electron chi connectivity index (χ2n) is 7.47. The molecule has 2 heterocycles. The Morgan fingerprint density at radius 2 is 2.12 bits per heavy atom. The third-order valence-electron chi connectivity index (χ3n) is 5.88. The van der Waals surface area contributed by atoms with E-state index in [1.807, 2.05) is 29.2 Å². The maximum atomic E-state index is 13.1. The summed E-state index contributed by atoms with van der Waals surface area (Å²) in [5, 5.41) is 10.0. The molecule has 138 valence electrons. The average molecular weight is 346 g/mol. The van der Waals surface area contributed by atoms with E-state index >= 15 is 0 Å². The summed E-state index contributed by atoms with van der Waals surface area (Å²) in [6.07, 6.45) is 3.95. The van der Waals surface area contributed by atoms with Crippen LogP contribution in [0.25, 0.3) is 0 Å². The molecule has 0 bridgehead atoms. The first kappa shape index (κ1) is 18.2. The first-order chi connectivity index (χ1) is 12.1. The molecule has 1 aromatic rings. The van der Waals surface area contributed by atoms with Gasteiger partial charge in [0.05, 0.1) is 18.8 Å². The van der Waals surface area contributed by atoms with E-state index < -0.39 is 0 Å². The van der Waals surface area contributed by atoms with Crippen LogP contribution < -0.4 is 4.74 Å². The molecule has 0 radical (unpaired) electrons. The van der Waals surface area contributed by atoms with E-state index in [4.69, 9.17) is 4.74 Å². The first-order valence-electron chi connectivity index (χ1n) is 9.43. The van der Waals surface area contributed by atoms with E-state index in [1.54, 1.807) is 0 Å². The molecule has 2 aliphatic rings. The largest absolute Gasteiger partial charge is 0.493 e. The summed E-state index contributed by atoms with van der Waals surface area (Å²) in [5.74, 6) is 0.711. The smallest absolute Gasteiger partial charge is 0.257 e. The number of piperidine rings is 2. The van der Waals surface area contributed by atoms with Crippen LogP contribution in [-0.4, -0.2) is 66.8 Å². The summed E-state index contributed by atoms with van der Waals surface area (Å²) >= 11 is 0. The molecule has 2 fully saturated rings. The summed E-state index contributed by atoms with van der Waals surface area (Å²) in [4.78, 5) is 17.4. The summed E-state index contributed by atoms with van der Waals surface area (Å²) in [5.41, 5.74) is 0.591. The van der Waals surface area contributed by atoms with Crippen LogP contribution in [0, 0.1) is 5.41 Å². The Bertz CT molecular complexity index is 606. The SMILES string of the molecule is CCCOc1ccccc1C(=O)N1CC[C@@]2(CO)CCCN(C)[C@@H]2C1. The van der Waals surface area contributed by atoms with Crippen LogP contribution in [0.5, 0.6) is 5.75 Å². The third kappa shape index (κ3) is 3.53. The lowest BCUT2D eigenvalue weighted by atomic mass is 9.69. The molecule has 2 atom stereocenters. The van der Waals surface area contributed by atoms with Gasteiger partial charge >= 0.3 is 0 Å². The molecular weight excluding hydrogens is 316 g/mol. The summed E-state index contributed by atoms with van der Waals surface area (Å²) in [6, 6.07) is 7.75. The van der Waals surface area contributed by atoms with Crippen LogP contribution >= 0.6 is 0 Å². The van der Waals surface area contributed by atoms with Crippen LogP contribution in [0.15, 0.2) is 24.3 Å². The normalized spacial score (nSPS) is 27.0. The Kier molecular flexibility index (Phi) is 5.64. The minimum absolute atomic E-state index is 0.0391. The predicted molar refractivity (Wildman–Crippen MR) is 97.9 cm³/mol. The van der Waals surface area contributed by atoms with Gasteiger partial charge in [0, 0.05) is 24.5 Å². The van der Waals surface area contributed by atoms with Crippen molar-refractivity contribution in [2.45, 2.75) is 38.6 Å². The summed E-state index contributed by atoms with van der Waals surface area (Å²) < 4.78 is 5.77. The third-order valence-corrected chi connectivity index (χ3v) is 5.88. The molecule has 0 aromatic heterocycles. The molecule has 0 spiro atoms. The Balaban J connectivity index is 1.78. The zero-order chi connectivity index (χ0) is 17.9. The number of likely N-dealkylation sites (tertiary alicyclic amines) is 2. The van der Waals surface area contributed by atoms with Crippen molar-refractivity contribution >= 4 is 5.91 Å². The van der Waals surface area contributed by atoms with Crippen molar-refractivity contribution in [3.8, 4) is 5.75 Å². The van der Waals surface area contributed by atoms with Gasteiger partial charge < -0.3 is 19.6 Å². The molecular formula is C20H30N2O3. The number of fused-ring (bicyclic) bond motifs is 1. The van der Waals surface area contributed by atoms with Gasteiger partial charge in [-0.15, -0.1) is 0 Å². The van der Waals surface area contributed by atoms with Gasteiger partial charge in [-0.2, -0.15) is 0 Å². The van der Waals surface area contributed by atoms with E-state index in [2.05, 4.69) is 18.9 Å². The van der Waals surface area contributed by atoms with Crippen LogP contribution in [0.2, 0.25) is 0 Å². The van der Waals surface area contributed by atoms with Crippen molar-refractivity contribution < 1.29 is 14.6 Å². The monoisotopic (exact) mass is 346 g/mol. The molecule has 5 nitrogen and oxygen atoms in total. The molecule has 1 N–H and O–H groups in total. The number of ether oxygens (including phenoxy) is 1. The van der Waals surface area contributed by atoms with Crippen molar-refractivity contribution in [3.05, 3.63) is 29.8 Å². The van der Waals surface area contributed by atoms with Crippen LogP contribution in [0.3, 0.4) is 0 Å². The van der Waals surface area contributed by atoms with Crippen LogP contribution in [0.4, 0.5) is 0 Å². The van der Waals surface area contributed by atoms with Gasteiger partial charge in [-0.05, 0) is 51.4 Å². The van der Waals surface area contributed by atoms with Gasteiger partial charge in [-0.3, -0.25) is 4.79 Å². The number of likely N-dealkylation sites (N-methyl/N-ethyl adjacent to an activating group) is 1. The van der Waals surface area contributed by atoms with E-state index in [1.165, 1.54) is 0 Å². The number of carbonyl (C=O) groups is 1. The Morgan fingerprint density at radius 1 is 1.32 bits per heavy atom. The fourth-order valence-electron chi connectivity index (χ4n) is 4.35. The van der Waals surface area contributed by atoms with Crippen molar-refractivity contribution in [1.82, 2.24) is 9.80 Å². The molecule has 25 heavy (non-hydrogen) atoms. The van der Waals surface area contributed by atoms with Crippen molar-refractivity contribution in [3.63, 3.8) is 0 Å². The van der Waals surface area contributed by atoms with Gasteiger partial charge in [0.2, 0.25) is 0 Å². The standard InChI is InChI=1S/C20H30N2O3/c1-3-13-25-17-8-5-4-7-16(17)19(24)22-12-10-20(15-23)9-6-11-21(2)18(20)14-22/h4-5,7-8,18,23H,3,6,9-15H2,1-2H3/t18-,20-/m1/s1. The lowest BCUT2D eigenvalue weighted by Crippen LogP contribution is -2.62. The van der Waals surface area contributed by atoms with E-state index in [0.717, 1.165) is 32.2 Å². The molecule has 5 heteroatoms. The van der Waals surface area contributed by atoms with E-state index in [0.29, 0.717) is 31.0 Å². The predicted octanol–water partition coefficient (Wildman–Crippen LogP) is 2.39. The van der Waals surface area contributed by atoms with Gasteiger partial charge in [-0.25, -0.2) is 0 Å². The van der Waals surface area contributed by atoms with Gasteiger partial charge in [-0.1, -0.05) is 19.1 Å². The number of aliphatic hydroxyl groups excluding tert-OH is 1. The number of amides is 1. The number of nitrogens with zero attached hydrogens (tertiary/aromatic N) is 2. The highest BCUT2D eigenvalue weighted by atomic mass is 16.5. The molecule has 2 saturated heterocycles. The molecule has 1 aromatic carbocycles. The Morgan fingerprint density at radius 3 is 2.88 bits per heavy atom. The van der Waals surface area contributed by atoms with Gasteiger partial charge in [0.1, 0.15) is 5.75 Å². The Labute approximate surface area is 150 Å². The summed E-state index contributed by atoms with van der Waals surface area (Å²) in [6.45, 7) is 5.29. The first-order valence-corrected chi connectivity index (χ1v) is 9.43. The number of para-hydroxylation sites is 1. The highest BCUT2D eigenvalue weighted by Crippen LogP contribution is 2.42. The lowest BCUT2D eigenvalue weighted by Gasteiger charge is -2.53. The number of carbonyl (C=O) groups excluding carboxylic acids is 1. The van der Waals surface area contributed by atoms with E-state index in [9.17, 15) is 9.90 Å². The quantitative estimate of drug-likeness (QED) is 0.889. The van der Waals surface area contributed by atoms with Crippen molar-refractivity contribution in [2.75, 3.05) is 39.9 Å². The maximum Gasteiger partial charge on any atom is 0.257 e. The fraction of sp³-hybridized carbons (Fsp3) is 0.650. The molecule has 0 aliphatic carbocycles. The minimum Gasteiger partial charge on any atom is -0.493 e. The number of hydrogen-bond acceptors (Lipinski definition) is 4. The zero-order valence-electron chi connectivity index (χ0n) is 15.4. The molecule has 0 saturated carbocycles. The average Bonchev–Trinajstić information content (AvgIpc) is 2.66. The topological polar surface area (TPSA) is 53.0 Å². The Hall–Kier alpha value is -1.59. The van der Waals surface area contributed by atoms with Gasteiger partial charge in [0.15, 0.2) is 0 Å². The highest BCUT2D eigenvalue weighted by Gasteiger charge is 2.47. The second kappa shape index (κ2) is 7.75. The van der Waals surface area contributed by atoms with Crippen LogP contribution in [0.1, 0.15) is 43.0 Å². The van der Waals surface area contributed by atoms with E-state index in [-0.39, 0.29) is 24.0 Å². The number of aliphatic hydroxyl groups is 1. The van der Waals surface area contributed by atoms with Gasteiger partial charge in [0.25, 0.3) is 5.91 Å². The second-order valence-corrected chi connectivity index (χ2v) is 7.47. The number of hydrogen-bond donors (Lipinski definition) is 1. The fourth-order valence-corrected chi connectivity index (χ4v) is 4.35. The summed E-state index contributed by atoms with van der Waals surface area (Å²) in [7, 11) is 2.11.